The van der Waals surface area contributed by atoms with Gasteiger partial charge >= 0.3 is 0 Å². The summed E-state index contributed by atoms with van der Waals surface area (Å²) in [6.45, 7) is 2.95. The van der Waals surface area contributed by atoms with E-state index in [1.165, 1.54) is 25.7 Å². The molecule has 4 rings (SSSR count). The van der Waals surface area contributed by atoms with Gasteiger partial charge in [-0.2, -0.15) is 15.0 Å². The molecule has 2 saturated carbocycles. The number of carbonyl (C=O) groups is 1. The minimum atomic E-state index is -0.0944. The van der Waals surface area contributed by atoms with E-state index in [0.717, 1.165) is 25.7 Å². The summed E-state index contributed by atoms with van der Waals surface area (Å²) in [5.41, 5.74) is 0.648. The summed E-state index contributed by atoms with van der Waals surface area (Å²) in [7, 11) is 0. The van der Waals surface area contributed by atoms with E-state index in [0.29, 0.717) is 75.0 Å². The molecule has 0 unspecified atom stereocenters. The van der Waals surface area contributed by atoms with Crippen LogP contribution in [-0.2, 0) is 9.47 Å². The third-order valence-corrected chi connectivity index (χ3v) is 6.48. The molecule has 36 heavy (non-hydrogen) atoms. The van der Waals surface area contributed by atoms with Gasteiger partial charge in [-0.15, -0.1) is 0 Å². The van der Waals surface area contributed by atoms with E-state index < -0.39 is 0 Å². The van der Waals surface area contributed by atoms with Crippen molar-refractivity contribution in [3.05, 3.63) is 35.9 Å². The van der Waals surface area contributed by atoms with E-state index in [-0.39, 0.29) is 5.91 Å². The summed E-state index contributed by atoms with van der Waals surface area (Å²) in [5, 5.41) is 13.0. The molecule has 4 N–H and O–H groups in total. The number of anilines is 3. The first kappa shape index (κ1) is 26.1. The molecule has 10 heteroatoms. The fraction of sp³-hybridized carbons (Fsp3) is 0.615. The Morgan fingerprint density at radius 3 is 1.92 bits per heavy atom. The topological polar surface area (TPSA) is 122 Å². The van der Waals surface area contributed by atoms with Crippen molar-refractivity contribution in [3.63, 3.8) is 0 Å². The molecule has 0 spiro atoms. The number of nitrogens with one attached hydrogen (secondary N) is 4. The Labute approximate surface area is 213 Å². The average molecular weight is 498 g/mol. The Hall–Kier alpha value is -2.98. The maximum absolute atomic E-state index is 12.0. The van der Waals surface area contributed by atoms with Crippen LogP contribution in [0.3, 0.4) is 0 Å². The summed E-state index contributed by atoms with van der Waals surface area (Å²) in [6, 6.07) is 10.0. The highest BCUT2D eigenvalue weighted by Gasteiger charge is 2.20. The number of aromatic nitrogens is 3. The lowest BCUT2D eigenvalue weighted by Crippen LogP contribution is -2.29. The van der Waals surface area contributed by atoms with Crippen LogP contribution in [0.25, 0.3) is 0 Å². The molecule has 2 aliphatic carbocycles. The molecule has 2 fully saturated rings. The van der Waals surface area contributed by atoms with Crippen LogP contribution in [0.15, 0.2) is 30.3 Å². The first-order chi connectivity index (χ1) is 17.8. The minimum Gasteiger partial charge on any atom is -0.377 e. The molecule has 1 aromatic carbocycles. The Morgan fingerprint density at radius 2 is 1.31 bits per heavy atom. The lowest BCUT2D eigenvalue weighted by atomic mass is 9.93. The van der Waals surface area contributed by atoms with Gasteiger partial charge in [0.05, 0.1) is 26.4 Å². The Morgan fingerprint density at radius 1 is 0.722 bits per heavy atom. The SMILES string of the molecule is O=C(NCCOCCOCCNc1nc(NC2CCCCC2)nc(NC2CCC2)n1)c1ccccc1. The Kier molecular flexibility index (Phi) is 10.5. The van der Waals surface area contributed by atoms with Gasteiger partial charge in [0.15, 0.2) is 0 Å². The molecular formula is C26H39N7O3. The highest BCUT2D eigenvalue weighted by molar-refractivity contribution is 5.94. The Bertz CT molecular complexity index is 921. The molecule has 0 aliphatic heterocycles. The number of hydrogen-bond acceptors (Lipinski definition) is 9. The predicted molar refractivity (Wildman–Crippen MR) is 140 cm³/mol. The summed E-state index contributed by atoms with van der Waals surface area (Å²) < 4.78 is 11.2. The van der Waals surface area contributed by atoms with Gasteiger partial charge in [0.1, 0.15) is 0 Å². The minimum absolute atomic E-state index is 0.0944. The molecule has 0 atom stereocenters. The fourth-order valence-electron chi connectivity index (χ4n) is 4.23. The fourth-order valence-corrected chi connectivity index (χ4v) is 4.23. The van der Waals surface area contributed by atoms with Crippen molar-refractivity contribution in [2.45, 2.75) is 63.5 Å². The van der Waals surface area contributed by atoms with E-state index in [2.05, 4.69) is 36.2 Å². The van der Waals surface area contributed by atoms with E-state index in [1.807, 2.05) is 18.2 Å². The van der Waals surface area contributed by atoms with Gasteiger partial charge < -0.3 is 30.7 Å². The normalized spacial score (nSPS) is 16.2. The predicted octanol–water partition coefficient (Wildman–Crippen LogP) is 3.46. The van der Waals surface area contributed by atoms with Crippen LogP contribution in [0.1, 0.15) is 61.7 Å². The highest BCUT2D eigenvalue weighted by Crippen LogP contribution is 2.24. The Balaban J connectivity index is 1.10. The number of hydrogen-bond donors (Lipinski definition) is 4. The molecule has 196 valence electrons. The second-order valence-corrected chi connectivity index (χ2v) is 9.33. The molecule has 2 aliphatic rings. The van der Waals surface area contributed by atoms with Crippen molar-refractivity contribution in [3.8, 4) is 0 Å². The smallest absolute Gasteiger partial charge is 0.251 e. The zero-order valence-electron chi connectivity index (χ0n) is 21.0. The van der Waals surface area contributed by atoms with Crippen LogP contribution < -0.4 is 21.3 Å². The molecule has 1 amide bonds. The number of benzene rings is 1. The van der Waals surface area contributed by atoms with Crippen LogP contribution in [0.5, 0.6) is 0 Å². The first-order valence-electron chi connectivity index (χ1n) is 13.3. The van der Waals surface area contributed by atoms with Crippen LogP contribution >= 0.6 is 0 Å². The highest BCUT2D eigenvalue weighted by atomic mass is 16.5. The van der Waals surface area contributed by atoms with E-state index >= 15 is 0 Å². The number of amides is 1. The van der Waals surface area contributed by atoms with E-state index in [1.54, 1.807) is 12.1 Å². The quantitative estimate of drug-likeness (QED) is 0.274. The lowest BCUT2D eigenvalue weighted by Gasteiger charge is -2.27. The molecule has 0 bridgehead atoms. The third-order valence-electron chi connectivity index (χ3n) is 6.48. The molecular weight excluding hydrogens is 458 g/mol. The lowest BCUT2D eigenvalue weighted by molar-refractivity contribution is 0.0519. The monoisotopic (exact) mass is 497 g/mol. The standard InChI is InChI=1S/C26H39N7O3/c34-23(20-8-3-1-4-9-20)27-14-16-35-18-19-36-17-15-28-24-31-25(29-21-10-5-2-6-11-21)33-26(32-24)30-22-12-7-13-22/h1,3-4,8-9,21-22H,2,5-7,10-19H2,(H,27,34)(H3,28,29,30,31,32,33). The number of rotatable bonds is 15. The first-order valence-corrected chi connectivity index (χ1v) is 13.3. The number of carbonyl (C=O) groups excluding carboxylic acids is 1. The second-order valence-electron chi connectivity index (χ2n) is 9.33. The molecule has 1 aromatic heterocycles. The van der Waals surface area contributed by atoms with Crippen LogP contribution in [0.2, 0.25) is 0 Å². The van der Waals surface area contributed by atoms with Gasteiger partial charge in [-0.3, -0.25) is 4.79 Å². The van der Waals surface area contributed by atoms with Gasteiger partial charge in [0.25, 0.3) is 5.91 Å². The molecule has 0 radical (unpaired) electrons. The van der Waals surface area contributed by atoms with Crippen molar-refractivity contribution in [1.29, 1.82) is 0 Å². The summed E-state index contributed by atoms with van der Waals surface area (Å²) >= 11 is 0. The largest absolute Gasteiger partial charge is 0.377 e. The van der Waals surface area contributed by atoms with Gasteiger partial charge in [0, 0.05) is 30.7 Å². The number of nitrogens with zero attached hydrogens (tertiary/aromatic N) is 3. The maximum atomic E-state index is 12.0. The molecule has 2 aromatic rings. The van der Waals surface area contributed by atoms with Gasteiger partial charge in [-0.05, 0) is 44.2 Å². The maximum Gasteiger partial charge on any atom is 0.251 e. The van der Waals surface area contributed by atoms with Crippen molar-refractivity contribution < 1.29 is 14.3 Å². The van der Waals surface area contributed by atoms with Gasteiger partial charge in [0.2, 0.25) is 17.8 Å². The van der Waals surface area contributed by atoms with E-state index in [9.17, 15) is 4.79 Å². The zero-order valence-corrected chi connectivity index (χ0v) is 21.0. The van der Waals surface area contributed by atoms with Crippen LogP contribution in [0, 0.1) is 0 Å². The summed E-state index contributed by atoms with van der Waals surface area (Å²) in [5.74, 6) is 1.72. The molecule has 0 saturated heterocycles. The van der Waals surface area contributed by atoms with E-state index in [4.69, 9.17) is 9.47 Å². The van der Waals surface area contributed by atoms with Crippen molar-refractivity contribution in [2.75, 3.05) is 55.5 Å². The molecule has 10 nitrogen and oxygen atoms in total. The summed E-state index contributed by atoms with van der Waals surface area (Å²) in [4.78, 5) is 25.7. The second kappa shape index (κ2) is 14.5. The zero-order chi connectivity index (χ0) is 24.8. The molecule has 1 heterocycles. The van der Waals surface area contributed by atoms with Gasteiger partial charge in [-0.1, -0.05) is 37.5 Å². The third kappa shape index (κ3) is 8.91. The van der Waals surface area contributed by atoms with Crippen molar-refractivity contribution >= 4 is 23.8 Å². The summed E-state index contributed by atoms with van der Waals surface area (Å²) in [6.07, 6.45) is 9.72. The van der Waals surface area contributed by atoms with Crippen LogP contribution in [0.4, 0.5) is 17.8 Å². The number of ether oxygens (including phenoxy) is 2. The van der Waals surface area contributed by atoms with Gasteiger partial charge in [-0.25, -0.2) is 0 Å². The van der Waals surface area contributed by atoms with Crippen molar-refractivity contribution in [1.82, 2.24) is 20.3 Å². The van der Waals surface area contributed by atoms with Crippen molar-refractivity contribution in [2.24, 2.45) is 0 Å². The van der Waals surface area contributed by atoms with Crippen LogP contribution in [-0.4, -0.2) is 72.5 Å². The average Bonchev–Trinajstić information content (AvgIpc) is 2.88.